The lowest BCUT2D eigenvalue weighted by Crippen LogP contribution is -2.36. The molecule has 0 spiro atoms. The summed E-state index contributed by atoms with van der Waals surface area (Å²) in [6.07, 6.45) is -7.10. The van der Waals surface area contributed by atoms with Gasteiger partial charge in [-0.05, 0) is 0 Å². The van der Waals surface area contributed by atoms with Gasteiger partial charge >= 0.3 is 15.4 Å². The number of aliphatic hydroxyl groups excluding tert-OH is 2. The second kappa shape index (κ2) is 10.8. The molecule has 0 bridgehead atoms. The van der Waals surface area contributed by atoms with Gasteiger partial charge in [-0.2, -0.15) is 9.97 Å². The molecule has 8 N–H and O–H groups in total. The first-order chi connectivity index (χ1) is 21.3. The maximum absolute atomic E-state index is 13.2. The minimum atomic E-state index is -5.11. The molecule has 8 atom stereocenters. The lowest BCUT2D eigenvalue weighted by molar-refractivity contribution is -0.148. The number of phosphoric acid groups is 1. The normalized spacial score (nSPS) is 34.3. The van der Waals surface area contributed by atoms with Gasteiger partial charge in [-0.3, -0.25) is 27.6 Å². The molecule has 45 heavy (non-hydrogen) atoms. The Morgan fingerprint density at radius 1 is 1.00 bits per heavy atom. The van der Waals surface area contributed by atoms with E-state index in [0.717, 1.165) is 6.33 Å². The number of aliphatic hydroxyl groups is 2. The number of imidazole rings is 2. The number of rotatable bonds is 2. The van der Waals surface area contributed by atoms with Gasteiger partial charge in [-0.25, -0.2) is 24.5 Å². The van der Waals surface area contributed by atoms with Crippen LogP contribution < -0.4 is 11.5 Å². The Hall–Kier alpha value is -3.53. The average molecular weight is 691 g/mol. The van der Waals surface area contributed by atoms with E-state index in [9.17, 15) is 29.1 Å². The van der Waals surface area contributed by atoms with Crippen molar-refractivity contribution in [2.45, 2.75) is 37.1 Å². The molecular formula is C20H21ClN10O12P2. The Bertz CT molecular complexity index is 1960. The topological polar surface area (TPSA) is 310 Å². The van der Waals surface area contributed by atoms with Crippen molar-refractivity contribution < 1.29 is 56.9 Å². The summed E-state index contributed by atoms with van der Waals surface area (Å²) in [6, 6.07) is 0. The van der Waals surface area contributed by atoms with E-state index in [0.29, 0.717) is 0 Å². The van der Waals surface area contributed by atoms with E-state index in [-0.39, 0.29) is 39.2 Å². The van der Waals surface area contributed by atoms with Crippen molar-refractivity contribution in [2.24, 2.45) is 0 Å². The van der Waals surface area contributed by atoms with Gasteiger partial charge in [0.15, 0.2) is 40.6 Å². The lowest BCUT2D eigenvalue weighted by atomic mass is 10.1. The van der Waals surface area contributed by atoms with Gasteiger partial charge in [-0.15, -0.1) is 0 Å². The van der Waals surface area contributed by atoms with E-state index in [2.05, 4.69) is 29.9 Å². The molecule has 0 radical (unpaired) electrons. The molecule has 22 nitrogen and oxygen atoms in total. The summed E-state index contributed by atoms with van der Waals surface area (Å²) in [7, 11) is -9.89. The average Bonchev–Trinajstić information content (AvgIpc) is 3.72. The number of hydrogen-bond donors (Lipinski definition) is 6. The summed E-state index contributed by atoms with van der Waals surface area (Å²) in [4.78, 5) is 45.1. The number of aromatic nitrogens is 8. The summed E-state index contributed by atoms with van der Waals surface area (Å²) < 4.78 is 61.1. The Morgan fingerprint density at radius 2 is 1.76 bits per heavy atom. The standard InChI is InChI=1S/C20H21ClN10O12P2/c21-13-7-16(29-20(23)28-13)31(3-26-7)17-9(32)11-6(40-17)1-39-45(36,37)43-12-10(33)18(41-19(12)38-5-44(34,35)42-11)30-4-27-8-14(22)24-2-25-15(8)30/h2-4,6,9,11,17-19,32-33H,1,5H2,(H,34,35)(H,36,37)(H2,22,24,25)(H2,23,28,29)/t6-,9?,11?,17-,18-,19+/m1/s1. The van der Waals surface area contributed by atoms with Crippen molar-refractivity contribution in [1.29, 1.82) is 0 Å². The van der Waals surface area contributed by atoms with Crippen LogP contribution in [0.5, 0.6) is 0 Å². The summed E-state index contributed by atoms with van der Waals surface area (Å²) >= 11 is 6.08. The molecule has 7 heterocycles. The summed E-state index contributed by atoms with van der Waals surface area (Å²) in [5, 5.41) is 22.1. The van der Waals surface area contributed by atoms with Gasteiger partial charge in [0.05, 0.1) is 19.3 Å². The van der Waals surface area contributed by atoms with Crippen molar-refractivity contribution in [3.63, 3.8) is 0 Å². The molecule has 2 saturated heterocycles. The van der Waals surface area contributed by atoms with Crippen molar-refractivity contribution in [3.05, 3.63) is 35.7 Å². The van der Waals surface area contributed by atoms with Crippen LogP contribution in [0.1, 0.15) is 12.5 Å². The van der Waals surface area contributed by atoms with Crippen molar-refractivity contribution in [2.75, 3.05) is 24.4 Å². The Morgan fingerprint density at radius 3 is 2.56 bits per heavy atom. The quantitative estimate of drug-likeness (QED) is 0.120. The zero-order valence-corrected chi connectivity index (χ0v) is 24.7. The number of ether oxygens (including phenoxy) is 3. The predicted octanol–water partition coefficient (Wildman–Crippen LogP) is 0.0587. The number of halogens is 1. The SMILES string of the molecule is Nc1nc(Cl)c2ncn([C@@H]3O[C@@H]4COP(=O)(O)OC5=C(O)[C@H](n6cnc7c(N)ncnc76)O[C@@H]5OCP(=O)(O)OC4C3O)c2n1. The van der Waals surface area contributed by atoms with Crippen molar-refractivity contribution in [1.82, 2.24) is 39.0 Å². The molecule has 3 aliphatic heterocycles. The third-order valence-electron chi connectivity index (χ3n) is 6.86. The molecule has 240 valence electrons. The van der Waals surface area contributed by atoms with E-state index in [1.807, 2.05) is 0 Å². The molecule has 4 aromatic heterocycles. The molecule has 0 aromatic carbocycles. The number of nitrogens with zero attached hydrogens (tertiary/aromatic N) is 8. The molecule has 3 aliphatic rings. The lowest BCUT2D eigenvalue weighted by Gasteiger charge is -2.26. The molecule has 25 heteroatoms. The Balaban J connectivity index is 1.19. The number of fused-ring (bicyclic) bond motifs is 4. The van der Waals surface area contributed by atoms with Gasteiger partial charge in [-0.1, -0.05) is 11.6 Å². The molecule has 0 aliphatic carbocycles. The van der Waals surface area contributed by atoms with Crippen molar-refractivity contribution >= 4 is 61.1 Å². The number of phosphoric ester groups is 1. The molecule has 0 amide bonds. The zero-order valence-electron chi connectivity index (χ0n) is 22.2. The maximum Gasteiger partial charge on any atom is 0.527 e. The van der Waals surface area contributed by atoms with Crippen LogP contribution >= 0.6 is 27.0 Å². The van der Waals surface area contributed by atoms with Gasteiger partial charge in [0, 0.05) is 0 Å². The van der Waals surface area contributed by atoms with Crippen molar-refractivity contribution in [3.8, 4) is 0 Å². The van der Waals surface area contributed by atoms with Crippen LogP contribution in [-0.4, -0.2) is 96.6 Å². The minimum Gasteiger partial charge on any atom is -0.505 e. The highest BCUT2D eigenvalue weighted by molar-refractivity contribution is 7.52. The van der Waals surface area contributed by atoms with Gasteiger partial charge in [0.1, 0.15) is 35.7 Å². The fourth-order valence-electron chi connectivity index (χ4n) is 4.93. The smallest absolute Gasteiger partial charge is 0.505 e. The largest absolute Gasteiger partial charge is 0.527 e. The van der Waals surface area contributed by atoms with Crippen LogP contribution in [0.25, 0.3) is 22.3 Å². The second-order valence-electron chi connectivity index (χ2n) is 9.76. The number of nitrogens with two attached hydrogens (primary N) is 2. The van der Waals surface area contributed by atoms with Gasteiger partial charge in [0.25, 0.3) is 0 Å². The third kappa shape index (κ3) is 5.28. The number of anilines is 2. The first kappa shape index (κ1) is 30.1. The highest BCUT2D eigenvalue weighted by Gasteiger charge is 2.51. The Labute approximate surface area is 254 Å². The van der Waals surface area contributed by atoms with E-state index >= 15 is 0 Å². The highest BCUT2D eigenvalue weighted by atomic mass is 35.5. The van der Waals surface area contributed by atoms with Crippen LogP contribution in [0.15, 0.2) is 30.5 Å². The summed E-state index contributed by atoms with van der Waals surface area (Å²) in [5.74, 6) is -1.72. The Kier molecular flexibility index (Phi) is 7.22. The monoisotopic (exact) mass is 690 g/mol. The van der Waals surface area contributed by atoms with Crippen LogP contribution in [0.3, 0.4) is 0 Å². The molecule has 2 fully saturated rings. The summed E-state index contributed by atoms with van der Waals surface area (Å²) in [6.45, 7) is -0.817. The van der Waals surface area contributed by atoms with Crippen LogP contribution in [-0.2, 0) is 36.9 Å². The molecule has 7 rings (SSSR count). The van der Waals surface area contributed by atoms with E-state index in [1.54, 1.807) is 0 Å². The number of nitrogen functional groups attached to an aromatic ring is 2. The maximum atomic E-state index is 13.2. The zero-order chi connectivity index (χ0) is 31.8. The summed E-state index contributed by atoms with van der Waals surface area (Å²) in [5.41, 5.74) is 11.9. The second-order valence-corrected chi connectivity index (χ2v) is 13.2. The van der Waals surface area contributed by atoms with Crippen LogP contribution in [0.2, 0.25) is 5.15 Å². The van der Waals surface area contributed by atoms with Gasteiger partial charge in [0.2, 0.25) is 24.2 Å². The number of hydrogen-bond acceptors (Lipinski definition) is 18. The predicted molar refractivity (Wildman–Crippen MR) is 145 cm³/mol. The van der Waals surface area contributed by atoms with Crippen LogP contribution in [0.4, 0.5) is 11.8 Å². The fraction of sp³-hybridized carbons (Fsp3) is 0.400. The molecule has 0 saturated carbocycles. The fourth-order valence-corrected chi connectivity index (χ4v) is 6.99. The van der Waals surface area contributed by atoms with E-state index in [4.69, 9.17) is 50.9 Å². The molecular weight excluding hydrogens is 670 g/mol. The first-order valence-corrected chi connectivity index (χ1v) is 16.2. The molecule has 4 aromatic rings. The highest BCUT2D eigenvalue weighted by Crippen LogP contribution is 2.54. The third-order valence-corrected chi connectivity index (χ3v) is 9.08. The van der Waals surface area contributed by atoms with Crippen LogP contribution in [0, 0.1) is 0 Å². The minimum absolute atomic E-state index is 0.0223. The molecule has 4 unspecified atom stereocenters. The van der Waals surface area contributed by atoms with E-state index < -0.39 is 76.9 Å². The van der Waals surface area contributed by atoms with Gasteiger partial charge < -0.3 is 45.3 Å². The van der Waals surface area contributed by atoms with E-state index in [1.165, 1.54) is 21.8 Å². The first-order valence-electron chi connectivity index (χ1n) is 12.6.